The fourth-order valence-electron chi connectivity index (χ4n) is 5.38. The molecule has 0 bridgehead atoms. The van der Waals surface area contributed by atoms with Crippen LogP contribution in [0.15, 0.2) is 30.3 Å². The summed E-state index contributed by atoms with van der Waals surface area (Å²) in [5.41, 5.74) is 6.17. The van der Waals surface area contributed by atoms with E-state index in [1.165, 1.54) is 74.1 Å². The highest BCUT2D eigenvalue weighted by Gasteiger charge is 2.20. The van der Waals surface area contributed by atoms with Gasteiger partial charge in [0.15, 0.2) is 0 Å². The number of hydrogen-bond donors (Lipinski definition) is 1. The van der Waals surface area contributed by atoms with E-state index >= 15 is 0 Å². The summed E-state index contributed by atoms with van der Waals surface area (Å²) >= 11 is 0. The number of piperidine rings is 1. The van der Waals surface area contributed by atoms with E-state index in [0.29, 0.717) is 0 Å². The maximum absolute atomic E-state index is 12.6. The van der Waals surface area contributed by atoms with Crippen molar-refractivity contribution in [1.82, 2.24) is 14.8 Å². The van der Waals surface area contributed by atoms with Crippen molar-refractivity contribution in [3.05, 3.63) is 52.8 Å². The summed E-state index contributed by atoms with van der Waals surface area (Å²) in [5.74, 6) is 0.0403. The minimum atomic E-state index is 0.0403. The molecule has 30 heavy (non-hydrogen) atoms. The summed E-state index contributed by atoms with van der Waals surface area (Å²) in [7, 11) is 0. The van der Waals surface area contributed by atoms with Crippen LogP contribution < -0.4 is 5.32 Å². The molecule has 1 amide bonds. The molecule has 162 valence electrons. The molecule has 4 rings (SSSR count). The van der Waals surface area contributed by atoms with Crippen LogP contribution in [-0.4, -0.2) is 41.1 Å². The van der Waals surface area contributed by atoms with E-state index in [2.05, 4.69) is 46.8 Å². The Morgan fingerprint density at radius 2 is 1.90 bits per heavy atom. The maximum atomic E-state index is 12.6. The number of fused-ring (bicyclic) bond motifs is 1. The number of rotatable bonds is 7. The second kappa shape index (κ2) is 9.82. The average Bonchev–Trinajstić information content (AvgIpc) is 3.12. The molecule has 1 saturated heterocycles. The van der Waals surface area contributed by atoms with E-state index in [9.17, 15) is 4.79 Å². The monoisotopic (exact) mass is 407 g/mol. The van der Waals surface area contributed by atoms with Crippen LogP contribution in [0.3, 0.4) is 0 Å². The third-order valence-corrected chi connectivity index (χ3v) is 7.00. The SMILES string of the molecule is CCC1CCCCN1CCCNC(=O)c1ccc(-n2c(C)cc3c2CCCC3)cc1. The van der Waals surface area contributed by atoms with Crippen LogP contribution >= 0.6 is 0 Å². The van der Waals surface area contributed by atoms with Crippen molar-refractivity contribution < 1.29 is 4.79 Å². The Kier molecular flexibility index (Phi) is 6.93. The molecule has 4 nitrogen and oxygen atoms in total. The first-order chi connectivity index (χ1) is 14.7. The van der Waals surface area contributed by atoms with Gasteiger partial charge in [0.1, 0.15) is 0 Å². The molecular formula is C26H37N3O. The van der Waals surface area contributed by atoms with Crippen LogP contribution in [0.25, 0.3) is 5.69 Å². The summed E-state index contributed by atoms with van der Waals surface area (Å²) in [6.07, 6.45) is 11.2. The lowest BCUT2D eigenvalue weighted by molar-refractivity contribution is 0.0947. The molecule has 4 heteroatoms. The van der Waals surface area contributed by atoms with E-state index in [-0.39, 0.29) is 5.91 Å². The van der Waals surface area contributed by atoms with Gasteiger partial charge in [0.05, 0.1) is 0 Å². The second-order valence-corrected chi connectivity index (χ2v) is 9.05. The molecule has 2 aromatic rings. The number of aromatic nitrogens is 1. The Morgan fingerprint density at radius 1 is 1.10 bits per heavy atom. The summed E-state index contributed by atoms with van der Waals surface area (Å²) < 4.78 is 2.37. The highest BCUT2D eigenvalue weighted by Crippen LogP contribution is 2.28. The summed E-state index contributed by atoms with van der Waals surface area (Å²) in [5, 5.41) is 3.11. The maximum Gasteiger partial charge on any atom is 0.251 e. The lowest BCUT2D eigenvalue weighted by Gasteiger charge is -2.35. The van der Waals surface area contributed by atoms with Crippen molar-refractivity contribution in [1.29, 1.82) is 0 Å². The van der Waals surface area contributed by atoms with Crippen molar-refractivity contribution in [3.8, 4) is 5.69 Å². The van der Waals surface area contributed by atoms with Crippen molar-refractivity contribution >= 4 is 5.91 Å². The third-order valence-electron chi connectivity index (χ3n) is 7.00. The first kappa shape index (κ1) is 21.2. The Labute approximate surface area is 181 Å². The Balaban J connectivity index is 1.31. The number of nitrogens with one attached hydrogen (secondary N) is 1. The molecule has 1 N–H and O–H groups in total. The summed E-state index contributed by atoms with van der Waals surface area (Å²) in [6, 6.07) is 11.2. The molecule has 1 fully saturated rings. The van der Waals surface area contributed by atoms with Gasteiger partial charge in [-0.15, -0.1) is 0 Å². The van der Waals surface area contributed by atoms with Crippen LogP contribution in [0.1, 0.15) is 79.2 Å². The number of carbonyl (C=O) groups excluding carboxylic acids is 1. The molecule has 1 atom stereocenters. The van der Waals surface area contributed by atoms with Gasteiger partial charge in [-0.25, -0.2) is 0 Å². The third kappa shape index (κ3) is 4.64. The van der Waals surface area contributed by atoms with Crippen molar-refractivity contribution in [2.75, 3.05) is 19.6 Å². The number of aryl methyl sites for hydroxylation is 2. The molecule has 1 aromatic carbocycles. The fraction of sp³-hybridized carbons (Fsp3) is 0.577. The standard InChI is InChI=1S/C26H37N3O/c1-3-23-10-6-7-17-28(23)18-8-16-27-26(30)21-12-14-24(15-13-21)29-20(2)19-22-9-4-5-11-25(22)29/h12-15,19,23H,3-11,16-18H2,1-2H3,(H,27,30). The zero-order valence-corrected chi connectivity index (χ0v) is 18.8. The number of carbonyl (C=O) groups is 1. The molecule has 0 spiro atoms. The van der Waals surface area contributed by atoms with Crippen molar-refractivity contribution in [2.24, 2.45) is 0 Å². The Morgan fingerprint density at radius 3 is 2.70 bits per heavy atom. The molecule has 2 heterocycles. The normalized spacial score (nSPS) is 19.5. The molecular weight excluding hydrogens is 370 g/mol. The van der Waals surface area contributed by atoms with Gasteiger partial charge in [-0.1, -0.05) is 13.3 Å². The molecule has 0 saturated carbocycles. The van der Waals surface area contributed by atoms with Gasteiger partial charge in [0, 0.05) is 41.8 Å². The minimum absolute atomic E-state index is 0.0403. The van der Waals surface area contributed by atoms with Crippen LogP contribution in [0.5, 0.6) is 0 Å². The van der Waals surface area contributed by atoms with Gasteiger partial charge < -0.3 is 14.8 Å². The number of amides is 1. The van der Waals surface area contributed by atoms with Crippen LogP contribution in [0, 0.1) is 6.92 Å². The van der Waals surface area contributed by atoms with E-state index in [4.69, 9.17) is 0 Å². The van der Waals surface area contributed by atoms with E-state index in [0.717, 1.165) is 37.5 Å². The lowest BCUT2D eigenvalue weighted by Crippen LogP contribution is -2.40. The van der Waals surface area contributed by atoms with Gasteiger partial charge >= 0.3 is 0 Å². The second-order valence-electron chi connectivity index (χ2n) is 9.05. The predicted molar refractivity (Wildman–Crippen MR) is 124 cm³/mol. The fourth-order valence-corrected chi connectivity index (χ4v) is 5.38. The quantitative estimate of drug-likeness (QED) is 0.652. The highest BCUT2D eigenvalue weighted by molar-refractivity contribution is 5.94. The molecule has 1 aliphatic heterocycles. The first-order valence-electron chi connectivity index (χ1n) is 12.0. The van der Waals surface area contributed by atoms with E-state index in [1.807, 2.05) is 12.1 Å². The molecule has 1 unspecified atom stereocenters. The molecule has 1 aliphatic carbocycles. The van der Waals surface area contributed by atoms with Crippen molar-refractivity contribution in [2.45, 2.75) is 77.7 Å². The topological polar surface area (TPSA) is 37.3 Å². The van der Waals surface area contributed by atoms with Crippen LogP contribution in [0.4, 0.5) is 0 Å². The molecule has 1 aromatic heterocycles. The van der Waals surface area contributed by atoms with Crippen molar-refractivity contribution in [3.63, 3.8) is 0 Å². The van der Waals surface area contributed by atoms with Crippen LogP contribution in [-0.2, 0) is 12.8 Å². The first-order valence-corrected chi connectivity index (χ1v) is 12.0. The van der Waals surface area contributed by atoms with Gasteiger partial charge in [-0.2, -0.15) is 0 Å². The zero-order valence-electron chi connectivity index (χ0n) is 18.8. The molecule has 2 aliphatic rings. The average molecular weight is 408 g/mol. The lowest BCUT2D eigenvalue weighted by atomic mass is 9.98. The Bertz CT molecular complexity index is 852. The van der Waals surface area contributed by atoms with E-state index < -0.39 is 0 Å². The zero-order chi connectivity index (χ0) is 20.9. The van der Waals surface area contributed by atoms with Gasteiger partial charge in [-0.3, -0.25) is 4.79 Å². The van der Waals surface area contributed by atoms with Gasteiger partial charge in [0.2, 0.25) is 0 Å². The smallest absolute Gasteiger partial charge is 0.251 e. The van der Waals surface area contributed by atoms with E-state index in [1.54, 1.807) is 0 Å². The van der Waals surface area contributed by atoms with Gasteiger partial charge in [0.25, 0.3) is 5.91 Å². The summed E-state index contributed by atoms with van der Waals surface area (Å²) in [4.78, 5) is 15.2. The number of nitrogens with zero attached hydrogens (tertiary/aromatic N) is 2. The number of benzene rings is 1. The minimum Gasteiger partial charge on any atom is -0.352 e. The summed E-state index contributed by atoms with van der Waals surface area (Å²) in [6.45, 7) is 7.54. The largest absolute Gasteiger partial charge is 0.352 e. The van der Waals surface area contributed by atoms with Gasteiger partial charge in [-0.05, 0) is 101 Å². The number of hydrogen-bond acceptors (Lipinski definition) is 2. The molecule has 0 radical (unpaired) electrons. The van der Waals surface area contributed by atoms with Crippen LogP contribution in [0.2, 0.25) is 0 Å². The number of likely N-dealkylation sites (tertiary alicyclic amines) is 1. The highest BCUT2D eigenvalue weighted by atomic mass is 16.1. The Hall–Kier alpha value is -2.07. The predicted octanol–water partition coefficient (Wildman–Crippen LogP) is 5.05.